The number of aromatic nitrogens is 2. The highest BCUT2D eigenvalue weighted by Crippen LogP contribution is 2.32. The zero-order valence-electron chi connectivity index (χ0n) is 21.4. The second-order valence-electron chi connectivity index (χ2n) is 9.36. The molecule has 0 bridgehead atoms. The Morgan fingerprint density at radius 3 is 2.43 bits per heavy atom. The lowest BCUT2D eigenvalue weighted by Gasteiger charge is -2.22. The van der Waals surface area contributed by atoms with Crippen LogP contribution in [0.3, 0.4) is 0 Å². The van der Waals surface area contributed by atoms with E-state index in [0.717, 1.165) is 18.4 Å². The Hall–Kier alpha value is -4.22. The summed E-state index contributed by atoms with van der Waals surface area (Å²) in [4.78, 5) is 15.3. The second kappa shape index (κ2) is 11.2. The predicted molar refractivity (Wildman–Crippen MR) is 140 cm³/mol. The Morgan fingerprint density at radius 1 is 1.05 bits per heavy atom. The van der Waals surface area contributed by atoms with E-state index >= 15 is 0 Å². The largest absolute Gasteiger partial charge is 0.463 e. The molecule has 0 radical (unpaired) electrons. The van der Waals surface area contributed by atoms with Crippen molar-refractivity contribution in [3.05, 3.63) is 83.4 Å². The van der Waals surface area contributed by atoms with E-state index in [1.807, 2.05) is 56.0 Å². The van der Waals surface area contributed by atoms with Gasteiger partial charge in [-0.05, 0) is 56.0 Å². The summed E-state index contributed by atoms with van der Waals surface area (Å²) in [5.41, 5.74) is 8.69. The lowest BCUT2D eigenvalue weighted by molar-refractivity contribution is 0.0755. The first-order valence-corrected chi connectivity index (χ1v) is 12.5. The molecule has 190 valence electrons. The Kier molecular flexibility index (Phi) is 7.85. The smallest absolute Gasteiger partial charge is 0.253 e. The van der Waals surface area contributed by atoms with Gasteiger partial charge in [-0.3, -0.25) is 4.79 Å². The van der Waals surface area contributed by atoms with Crippen LogP contribution in [0, 0.1) is 11.3 Å². The van der Waals surface area contributed by atoms with Gasteiger partial charge in [0.25, 0.3) is 5.91 Å². The molecule has 0 aliphatic heterocycles. The summed E-state index contributed by atoms with van der Waals surface area (Å²) in [5, 5.41) is 18.0. The minimum Gasteiger partial charge on any atom is -0.463 e. The maximum Gasteiger partial charge on any atom is 0.253 e. The maximum absolute atomic E-state index is 13.5. The summed E-state index contributed by atoms with van der Waals surface area (Å²) in [6.07, 6.45) is 3.66. The van der Waals surface area contributed by atoms with Crippen LogP contribution in [0.25, 0.3) is 22.8 Å². The average molecular weight is 498 g/mol. The fourth-order valence-corrected chi connectivity index (χ4v) is 4.33. The van der Waals surface area contributed by atoms with E-state index in [9.17, 15) is 10.1 Å². The summed E-state index contributed by atoms with van der Waals surface area (Å²) in [6, 6.07) is 18.9. The van der Waals surface area contributed by atoms with Crippen molar-refractivity contribution in [2.24, 2.45) is 5.73 Å². The predicted octanol–water partition coefficient (Wildman–Crippen LogP) is 5.55. The molecule has 0 fully saturated rings. The standard InChI is InChI=1S/C29H31N5O3/c1-4-12-34(13-5-2)27(35)24-16-22(25-21(19-30)11-14-36-25)15-23(17-24)26-32-33-28(37-26)29(3,31)18-20-9-7-6-8-10-20/h6-11,14-17H,4-5,12-13,18,31H2,1-3H3/t29-/m0/s1. The lowest BCUT2D eigenvalue weighted by atomic mass is 9.94. The number of hydrogen-bond acceptors (Lipinski definition) is 7. The highest BCUT2D eigenvalue weighted by Gasteiger charge is 2.29. The summed E-state index contributed by atoms with van der Waals surface area (Å²) in [5.74, 6) is 0.796. The minimum atomic E-state index is -0.892. The van der Waals surface area contributed by atoms with Crippen LogP contribution in [0.1, 0.15) is 61.0 Å². The molecule has 8 nitrogen and oxygen atoms in total. The van der Waals surface area contributed by atoms with Gasteiger partial charge < -0.3 is 19.5 Å². The Bertz CT molecular complexity index is 1390. The highest BCUT2D eigenvalue weighted by atomic mass is 16.4. The number of hydrogen-bond donors (Lipinski definition) is 1. The van der Waals surface area contributed by atoms with Gasteiger partial charge in [0.05, 0.1) is 17.4 Å². The van der Waals surface area contributed by atoms with E-state index in [0.29, 0.717) is 53.4 Å². The fraction of sp³-hybridized carbons (Fsp3) is 0.310. The van der Waals surface area contributed by atoms with Crippen LogP contribution in [0.4, 0.5) is 0 Å². The number of rotatable bonds is 10. The third kappa shape index (κ3) is 5.79. The summed E-state index contributed by atoms with van der Waals surface area (Å²) >= 11 is 0. The van der Waals surface area contributed by atoms with E-state index < -0.39 is 5.54 Å². The molecule has 0 spiro atoms. The number of carbonyl (C=O) groups excluding carboxylic acids is 1. The van der Waals surface area contributed by atoms with Crippen molar-refractivity contribution in [3.63, 3.8) is 0 Å². The van der Waals surface area contributed by atoms with Crippen molar-refractivity contribution >= 4 is 5.91 Å². The molecule has 0 aliphatic rings. The van der Waals surface area contributed by atoms with E-state index in [4.69, 9.17) is 14.6 Å². The molecule has 37 heavy (non-hydrogen) atoms. The number of furan rings is 1. The van der Waals surface area contributed by atoms with Crippen LogP contribution in [0.5, 0.6) is 0 Å². The van der Waals surface area contributed by atoms with Gasteiger partial charge in [-0.1, -0.05) is 44.2 Å². The number of nitrogens with two attached hydrogens (primary N) is 1. The van der Waals surface area contributed by atoms with Gasteiger partial charge in [0, 0.05) is 29.8 Å². The molecule has 8 heteroatoms. The highest BCUT2D eigenvalue weighted by molar-refractivity contribution is 5.97. The first-order chi connectivity index (χ1) is 17.9. The first-order valence-electron chi connectivity index (χ1n) is 12.5. The van der Waals surface area contributed by atoms with Crippen LogP contribution in [-0.2, 0) is 12.0 Å². The van der Waals surface area contributed by atoms with Crippen molar-refractivity contribution in [2.75, 3.05) is 13.1 Å². The molecule has 0 saturated carbocycles. The zero-order chi connectivity index (χ0) is 26.4. The molecule has 2 N–H and O–H groups in total. The van der Waals surface area contributed by atoms with Gasteiger partial charge in [0.1, 0.15) is 6.07 Å². The molecule has 4 rings (SSSR count). The maximum atomic E-state index is 13.5. The monoisotopic (exact) mass is 497 g/mol. The molecule has 0 saturated heterocycles. The minimum absolute atomic E-state index is 0.107. The van der Waals surface area contributed by atoms with E-state index in [1.165, 1.54) is 6.26 Å². The molecular weight excluding hydrogens is 466 g/mol. The first kappa shape index (κ1) is 25.9. The fourth-order valence-electron chi connectivity index (χ4n) is 4.33. The average Bonchev–Trinajstić information content (AvgIpc) is 3.59. The van der Waals surface area contributed by atoms with Crippen molar-refractivity contribution in [3.8, 4) is 28.8 Å². The summed E-state index contributed by atoms with van der Waals surface area (Å²) < 4.78 is 11.7. The SMILES string of the molecule is CCCN(CCC)C(=O)c1cc(-c2nnc([C@@](C)(N)Cc3ccccc3)o2)cc(-c2occc2C#N)c1. The normalized spacial score (nSPS) is 12.6. The van der Waals surface area contributed by atoms with Gasteiger partial charge in [0.15, 0.2) is 5.76 Å². The molecule has 1 amide bonds. The Labute approximate surface area is 216 Å². The van der Waals surface area contributed by atoms with Crippen LogP contribution >= 0.6 is 0 Å². The topological polar surface area (TPSA) is 122 Å². The molecule has 2 aromatic heterocycles. The summed E-state index contributed by atoms with van der Waals surface area (Å²) in [6.45, 7) is 7.22. The molecule has 2 heterocycles. The van der Waals surface area contributed by atoms with Gasteiger partial charge in [0.2, 0.25) is 11.8 Å². The number of nitriles is 1. The Balaban J connectivity index is 1.75. The van der Waals surface area contributed by atoms with Crippen molar-refractivity contribution in [2.45, 2.75) is 45.6 Å². The molecule has 1 atom stereocenters. The van der Waals surface area contributed by atoms with E-state index in [-0.39, 0.29) is 11.8 Å². The number of nitrogens with zero attached hydrogens (tertiary/aromatic N) is 4. The molecule has 4 aromatic rings. The van der Waals surface area contributed by atoms with Gasteiger partial charge in [-0.25, -0.2) is 0 Å². The molecule has 2 aromatic carbocycles. The third-order valence-electron chi connectivity index (χ3n) is 6.08. The van der Waals surface area contributed by atoms with Gasteiger partial charge in [-0.15, -0.1) is 10.2 Å². The molecular formula is C29H31N5O3. The Morgan fingerprint density at radius 2 is 1.76 bits per heavy atom. The number of amides is 1. The van der Waals surface area contributed by atoms with Crippen LogP contribution < -0.4 is 5.73 Å². The van der Waals surface area contributed by atoms with Crippen LogP contribution in [-0.4, -0.2) is 34.1 Å². The van der Waals surface area contributed by atoms with Crippen LogP contribution in [0.15, 0.2) is 69.7 Å². The van der Waals surface area contributed by atoms with Crippen molar-refractivity contribution in [1.29, 1.82) is 5.26 Å². The molecule has 0 unspecified atom stereocenters. The third-order valence-corrected chi connectivity index (χ3v) is 6.08. The van der Waals surface area contributed by atoms with Crippen molar-refractivity contribution in [1.82, 2.24) is 15.1 Å². The molecule has 0 aliphatic carbocycles. The lowest BCUT2D eigenvalue weighted by Crippen LogP contribution is -2.35. The second-order valence-corrected chi connectivity index (χ2v) is 9.36. The van der Waals surface area contributed by atoms with Gasteiger partial charge >= 0.3 is 0 Å². The van der Waals surface area contributed by atoms with Crippen molar-refractivity contribution < 1.29 is 13.6 Å². The van der Waals surface area contributed by atoms with E-state index in [2.05, 4.69) is 16.3 Å². The zero-order valence-corrected chi connectivity index (χ0v) is 21.4. The summed E-state index contributed by atoms with van der Waals surface area (Å²) in [7, 11) is 0. The van der Waals surface area contributed by atoms with Crippen LogP contribution in [0.2, 0.25) is 0 Å². The number of benzene rings is 2. The number of carbonyl (C=O) groups is 1. The van der Waals surface area contributed by atoms with Gasteiger partial charge in [-0.2, -0.15) is 5.26 Å². The van der Waals surface area contributed by atoms with E-state index in [1.54, 1.807) is 24.3 Å². The quantitative estimate of drug-likeness (QED) is 0.305.